The highest BCUT2D eigenvalue weighted by atomic mass is 32.1. The number of nitrogens with one attached hydrogen (secondary N) is 1. The third kappa shape index (κ3) is 3.94. The second kappa shape index (κ2) is 7.18. The second-order valence-electron chi connectivity index (χ2n) is 4.95. The molecule has 0 saturated heterocycles. The maximum Gasteiger partial charge on any atom is 0.267 e. The van der Waals surface area contributed by atoms with E-state index in [-0.39, 0.29) is 18.3 Å². The van der Waals surface area contributed by atoms with Crippen LogP contribution in [0.25, 0.3) is 0 Å². The van der Waals surface area contributed by atoms with Crippen LogP contribution in [-0.4, -0.2) is 15.9 Å². The monoisotopic (exact) mass is 343 g/mol. The van der Waals surface area contributed by atoms with E-state index >= 15 is 0 Å². The van der Waals surface area contributed by atoms with Gasteiger partial charge in [-0.05, 0) is 31.2 Å². The molecule has 5 nitrogen and oxygen atoms in total. The molecule has 1 N–H and O–H groups in total. The first-order valence-electron chi connectivity index (χ1n) is 7.18. The number of halogens is 1. The number of thiazole rings is 1. The number of aryl methyl sites for hydroxylation is 1. The highest BCUT2D eigenvalue weighted by molar-refractivity contribution is 7.13. The molecule has 0 aliphatic rings. The Hall–Kier alpha value is -2.80. The van der Waals surface area contributed by atoms with Gasteiger partial charge in [0.05, 0.1) is 16.9 Å². The van der Waals surface area contributed by atoms with Gasteiger partial charge >= 0.3 is 0 Å². The molecule has 0 fully saturated rings. The van der Waals surface area contributed by atoms with Gasteiger partial charge in [-0.15, -0.1) is 11.3 Å². The lowest BCUT2D eigenvalue weighted by molar-refractivity contribution is 0.103. The first kappa shape index (κ1) is 16.1. The first-order chi connectivity index (χ1) is 11.6. The van der Waals surface area contributed by atoms with E-state index in [2.05, 4.69) is 15.3 Å². The second-order valence-corrected chi connectivity index (χ2v) is 6.19. The molecule has 0 atom stereocenters. The minimum Gasteiger partial charge on any atom is -0.484 e. The summed E-state index contributed by atoms with van der Waals surface area (Å²) in [6, 6.07) is 9.71. The summed E-state index contributed by atoms with van der Waals surface area (Å²) < 4.78 is 19.5. The lowest BCUT2D eigenvalue weighted by atomic mass is 10.3. The van der Waals surface area contributed by atoms with Gasteiger partial charge in [0.1, 0.15) is 11.5 Å². The summed E-state index contributed by atoms with van der Waals surface area (Å²) in [4.78, 5) is 20.6. The molecule has 3 rings (SSSR count). The van der Waals surface area contributed by atoms with E-state index in [0.29, 0.717) is 16.3 Å². The average Bonchev–Trinajstić information content (AvgIpc) is 3.02. The molecule has 3 aromatic rings. The van der Waals surface area contributed by atoms with Crippen LogP contribution in [-0.2, 0) is 6.61 Å². The molecule has 0 spiro atoms. The molecule has 24 heavy (non-hydrogen) atoms. The number of anilines is 1. The molecular formula is C17H14FN3O2S. The van der Waals surface area contributed by atoms with Crippen LogP contribution in [0.5, 0.6) is 5.75 Å². The van der Waals surface area contributed by atoms with E-state index in [1.807, 2.05) is 13.0 Å². The van der Waals surface area contributed by atoms with Crippen molar-refractivity contribution < 1.29 is 13.9 Å². The van der Waals surface area contributed by atoms with Crippen LogP contribution in [0.15, 0.2) is 48.8 Å². The highest BCUT2D eigenvalue weighted by Crippen LogP contribution is 2.23. The SMILES string of the molecule is Cc1ncc(C(=O)Nc2ccc(OCc3ccccn3)c(F)c2)s1. The molecule has 0 bridgehead atoms. The fourth-order valence-electron chi connectivity index (χ4n) is 1.99. The number of carbonyl (C=O) groups excluding carboxylic acids is 1. The molecule has 0 radical (unpaired) electrons. The third-order valence-corrected chi connectivity index (χ3v) is 4.05. The number of hydrogen-bond donors (Lipinski definition) is 1. The number of aromatic nitrogens is 2. The van der Waals surface area contributed by atoms with Crippen molar-refractivity contribution in [1.82, 2.24) is 9.97 Å². The summed E-state index contributed by atoms with van der Waals surface area (Å²) in [6.07, 6.45) is 3.14. The zero-order chi connectivity index (χ0) is 16.9. The topological polar surface area (TPSA) is 64.1 Å². The molecule has 0 aliphatic heterocycles. The van der Waals surface area contributed by atoms with Crippen LogP contribution in [0.1, 0.15) is 20.4 Å². The summed E-state index contributed by atoms with van der Waals surface area (Å²) in [6.45, 7) is 1.98. The Labute approximate surface area is 142 Å². The van der Waals surface area contributed by atoms with Crippen LogP contribution in [0.4, 0.5) is 10.1 Å². The number of ether oxygens (including phenoxy) is 1. The summed E-state index contributed by atoms with van der Waals surface area (Å²) in [5.41, 5.74) is 1.06. The Morgan fingerprint density at radius 3 is 2.83 bits per heavy atom. The zero-order valence-corrected chi connectivity index (χ0v) is 13.6. The third-order valence-electron chi connectivity index (χ3n) is 3.14. The van der Waals surface area contributed by atoms with E-state index in [1.54, 1.807) is 24.4 Å². The van der Waals surface area contributed by atoms with Crippen molar-refractivity contribution in [3.8, 4) is 5.75 Å². The molecule has 2 heterocycles. The number of rotatable bonds is 5. The van der Waals surface area contributed by atoms with E-state index in [9.17, 15) is 9.18 Å². The largest absolute Gasteiger partial charge is 0.484 e. The minimum atomic E-state index is -0.552. The van der Waals surface area contributed by atoms with Gasteiger partial charge in [-0.3, -0.25) is 9.78 Å². The molecule has 122 valence electrons. The summed E-state index contributed by atoms with van der Waals surface area (Å²) >= 11 is 1.28. The molecule has 0 unspecified atom stereocenters. The molecule has 0 saturated carbocycles. The number of pyridine rings is 1. The van der Waals surface area contributed by atoms with E-state index in [0.717, 1.165) is 5.01 Å². The van der Waals surface area contributed by atoms with Gasteiger partial charge in [-0.2, -0.15) is 0 Å². The number of hydrogen-bond acceptors (Lipinski definition) is 5. The van der Waals surface area contributed by atoms with Gasteiger partial charge in [-0.25, -0.2) is 9.37 Å². The smallest absolute Gasteiger partial charge is 0.267 e. The first-order valence-corrected chi connectivity index (χ1v) is 7.99. The standard InChI is InChI=1S/C17H14FN3O2S/c1-11-20-9-16(24-11)17(22)21-12-5-6-15(14(18)8-12)23-10-13-4-2-3-7-19-13/h2-9H,10H2,1H3,(H,21,22). The van der Waals surface area contributed by atoms with Crippen molar-refractivity contribution in [2.24, 2.45) is 0 Å². The maximum atomic E-state index is 14.1. The summed E-state index contributed by atoms with van der Waals surface area (Å²) in [7, 11) is 0. The quantitative estimate of drug-likeness (QED) is 0.765. The molecule has 1 amide bonds. The van der Waals surface area contributed by atoms with Crippen molar-refractivity contribution in [2.75, 3.05) is 5.32 Å². The van der Waals surface area contributed by atoms with Gasteiger partial charge in [0.15, 0.2) is 11.6 Å². The van der Waals surface area contributed by atoms with Crippen molar-refractivity contribution in [3.05, 3.63) is 70.2 Å². The van der Waals surface area contributed by atoms with Crippen LogP contribution < -0.4 is 10.1 Å². The Balaban J connectivity index is 1.65. The normalized spacial score (nSPS) is 10.4. The lowest BCUT2D eigenvalue weighted by Gasteiger charge is -2.09. The molecule has 2 aromatic heterocycles. The predicted octanol–water partition coefficient (Wildman–Crippen LogP) is 3.82. The predicted molar refractivity (Wildman–Crippen MR) is 89.8 cm³/mol. The minimum absolute atomic E-state index is 0.104. The summed E-state index contributed by atoms with van der Waals surface area (Å²) in [5.74, 6) is -0.765. The average molecular weight is 343 g/mol. The van der Waals surface area contributed by atoms with Crippen molar-refractivity contribution >= 4 is 22.9 Å². The van der Waals surface area contributed by atoms with Crippen molar-refractivity contribution in [1.29, 1.82) is 0 Å². The molecule has 7 heteroatoms. The Morgan fingerprint density at radius 2 is 2.17 bits per heavy atom. The van der Waals surface area contributed by atoms with Crippen molar-refractivity contribution in [3.63, 3.8) is 0 Å². The van der Waals surface area contributed by atoms with Gasteiger partial charge in [-0.1, -0.05) is 6.07 Å². The van der Waals surface area contributed by atoms with E-state index in [4.69, 9.17) is 4.74 Å². The Morgan fingerprint density at radius 1 is 1.29 bits per heavy atom. The van der Waals surface area contributed by atoms with Crippen LogP contribution in [0.2, 0.25) is 0 Å². The zero-order valence-electron chi connectivity index (χ0n) is 12.8. The van der Waals surface area contributed by atoms with E-state index < -0.39 is 5.82 Å². The fraction of sp³-hybridized carbons (Fsp3) is 0.118. The van der Waals surface area contributed by atoms with Gasteiger partial charge in [0.2, 0.25) is 0 Å². The molecule has 0 aliphatic carbocycles. The number of benzene rings is 1. The van der Waals surface area contributed by atoms with Crippen LogP contribution in [0.3, 0.4) is 0 Å². The number of carbonyl (C=O) groups is 1. The molecular weight excluding hydrogens is 329 g/mol. The maximum absolute atomic E-state index is 14.1. The van der Waals surface area contributed by atoms with Crippen molar-refractivity contribution in [2.45, 2.75) is 13.5 Å². The van der Waals surface area contributed by atoms with Gasteiger partial charge < -0.3 is 10.1 Å². The fourth-order valence-corrected chi connectivity index (χ4v) is 2.66. The number of amides is 1. The number of nitrogens with zero attached hydrogens (tertiary/aromatic N) is 2. The highest BCUT2D eigenvalue weighted by Gasteiger charge is 2.11. The lowest BCUT2D eigenvalue weighted by Crippen LogP contribution is -2.10. The van der Waals surface area contributed by atoms with Gasteiger partial charge in [0.25, 0.3) is 5.91 Å². The van der Waals surface area contributed by atoms with Crippen LogP contribution in [0, 0.1) is 12.7 Å². The Kier molecular flexibility index (Phi) is 4.81. The van der Waals surface area contributed by atoms with Gasteiger partial charge in [0, 0.05) is 18.0 Å². The summed E-state index contributed by atoms with van der Waals surface area (Å²) in [5, 5.41) is 3.43. The van der Waals surface area contributed by atoms with Crippen LogP contribution >= 0.6 is 11.3 Å². The Bertz CT molecular complexity index is 852. The van der Waals surface area contributed by atoms with E-state index in [1.165, 1.54) is 29.7 Å². The molecule has 1 aromatic carbocycles.